The molecule has 2 heterocycles. The maximum absolute atomic E-state index is 11.5. The molecule has 2 aromatic carbocycles. The van der Waals surface area contributed by atoms with Crippen molar-refractivity contribution in [2.45, 2.75) is 40.6 Å². The van der Waals surface area contributed by atoms with Crippen molar-refractivity contribution < 1.29 is 25.9 Å². The summed E-state index contributed by atoms with van der Waals surface area (Å²) < 4.78 is 67.0. The fraction of sp³-hybridized carbons (Fsp3) is 0.278. The molecular formula is C18H20N4O6S4. The van der Waals surface area contributed by atoms with Gasteiger partial charge in [-0.05, 0) is 50.2 Å². The molecule has 1 unspecified atom stereocenters. The number of thiazole rings is 1. The number of aromatic nitrogens is 1. The number of thioether (sulfide) groups is 1. The van der Waals surface area contributed by atoms with Crippen LogP contribution in [0.5, 0.6) is 0 Å². The molecule has 0 aliphatic carbocycles. The second kappa shape index (κ2) is 8.35. The van der Waals surface area contributed by atoms with Gasteiger partial charge in [0.1, 0.15) is 0 Å². The summed E-state index contributed by atoms with van der Waals surface area (Å²) in [6, 6.07) is 8.84. The van der Waals surface area contributed by atoms with Crippen molar-refractivity contribution in [3.63, 3.8) is 0 Å². The van der Waals surface area contributed by atoms with Gasteiger partial charge in [-0.3, -0.25) is 14.5 Å². The third kappa shape index (κ3) is 4.25. The Morgan fingerprint density at radius 3 is 2.28 bits per heavy atom. The lowest BCUT2D eigenvalue weighted by atomic mass is 10.3. The molecule has 0 saturated carbocycles. The van der Waals surface area contributed by atoms with Crippen molar-refractivity contribution in [2.24, 2.45) is 5.10 Å². The predicted octanol–water partition coefficient (Wildman–Crippen LogP) is 2.54. The maximum atomic E-state index is 11.5. The van der Waals surface area contributed by atoms with Crippen molar-refractivity contribution in [1.29, 1.82) is 0 Å². The number of anilines is 1. The van der Waals surface area contributed by atoms with Crippen LogP contribution in [0.1, 0.15) is 13.8 Å². The fourth-order valence-corrected chi connectivity index (χ4v) is 6.95. The molecule has 1 aliphatic heterocycles. The van der Waals surface area contributed by atoms with E-state index in [4.69, 9.17) is 0 Å². The predicted molar refractivity (Wildman–Crippen MR) is 123 cm³/mol. The Morgan fingerprint density at radius 1 is 1.00 bits per heavy atom. The van der Waals surface area contributed by atoms with Gasteiger partial charge in [-0.2, -0.15) is 16.8 Å². The Hall–Kier alpha value is -2.10. The molecule has 1 atom stereocenters. The van der Waals surface area contributed by atoms with E-state index in [0.717, 1.165) is 11.2 Å². The molecule has 1 aromatic heterocycles. The number of nitrogens with zero attached hydrogens (tertiary/aromatic N) is 3. The topological polar surface area (TPSA) is 141 Å². The van der Waals surface area contributed by atoms with E-state index in [9.17, 15) is 25.9 Å². The van der Waals surface area contributed by atoms with E-state index < -0.39 is 20.2 Å². The molecule has 1 aliphatic rings. The largest absolute Gasteiger partial charge is 0.341 e. The van der Waals surface area contributed by atoms with Gasteiger partial charge in [-0.15, -0.1) is 5.10 Å². The van der Waals surface area contributed by atoms with Crippen molar-refractivity contribution in [1.82, 2.24) is 9.99 Å². The minimum absolute atomic E-state index is 0.166. The highest BCUT2D eigenvalue weighted by Crippen LogP contribution is 2.43. The normalized spacial score (nSPS) is 17.2. The van der Waals surface area contributed by atoms with E-state index >= 15 is 0 Å². The number of nitrogens with one attached hydrogen (secondary N) is 1. The van der Waals surface area contributed by atoms with E-state index in [1.807, 2.05) is 23.3 Å². The van der Waals surface area contributed by atoms with Gasteiger partial charge in [-0.25, -0.2) is 0 Å². The Balaban J connectivity index is 1.69. The molecule has 0 radical (unpaired) electrons. The lowest BCUT2D eigenvalue weighted by Gasteiger charge is -2.24. The summed E-state index contributed by atoms with van der Waals surface area (Å²) in [6.07, 6.45) is 0. The molecule has 3 aromatic rings. The summed E-state index contributed by atoms with van der Waals surface area (Å²) in [6.45, 7) is 5.14. The Labute approximate surface area is 193 Å². The molecule has 0 amide bonds. The van der Waals surface area contributed by atoms with Crippen molar-refractivity contribution in [2.75, 3.05) is 11.4 Å². The molecule has 172 valence electrons. The van der Waals surface area contributed by atoms with Crippen molar-refractivity contribution in [3.8, 4) is 0 Å². The zero-order valence-corrected chi connectivity index (χ0v) is 20.2. The molecule has 14 heteroatoms. The van der Waals surface area contributed by atoms with Gasteiger partial charge in [0.05, 0.1) is 25.7 Å². The monoisotopic (exact) mass is 516 g/mol. The number of rotatable bonds is 6. The second-order valence-corrected chi connectivity index (χ2v) is 11.8. The van der Waals surface area contributed by atoms with Crippen LogP contribution in [0.25, 0.3) is 10.2 Å². The number of hydrogen-bond acceptors (Lipinski definition) is 9. The molecule has 32 heavy (non-hydrogen) atoms. The smallest absolute Gasteiger partial charge is 0.294 e. The van der Waals surface area contributed by atoms with Gasteiger partial charge in [0.15, 0.2) is 5.50 Å². The number of hydrogen-bond donors (Lipinski definition) is 3. The summed E-state index contributed by atoms with van der Waals surface area (Å²) in [5.41, 5.74) is 4.42. The highest BCUT2D eigenvalue weighted by atomic mass is 32.2. The molecule has 4 rings (SSSR count). The van der Waals surface area contributed by atoms with Crippen LogP contribution in [0, 0.1) is 0 Å². The van der Waals surface area contributed by atoms with Crippen molar-refractivity contribution in [3.05, 3.63) is 41.2 Å². The van der Waals surface area contributed by atoms with Crippen molar-refractivity contribution >= 4 is 59.2 Å². The van der Waals surface area contributed by atoms with Gasteiger partial charge in [0.25, 0.3) is 20.2 Å². The van der Waals surface area contributed by atoms with E-state index in [-0.39, 0.29) is 15.3 Å². The molecule has 10 nitrogen and oxygen atoms in total. The van der Waals surface area contributed by atoms with Gasteiger partial charge in [0, 0.05) is 18.0 Å². The van der Waals surface area contributed by atoms with Crippen LogP contribution in [0.4, 0.5) is 5.69 Å². The summed E-state index contributed by atoms with van der Waals surface area (Å²) in [5, 5.41) is 4.53. The lowest BCUT2D eigenvalue weighted by molar-refractivity contribution is 0.481. The first-order valence-electron chi connectivity index (χ1n) is 9.48. The van der Waals surface area contributed by atoms with Crippen LogP contribution in [0.15, 0.2) is 56.2 Å². The average Bonchev–Trinajstić information content (AvgIpc) is 3.26. The Morgan fingerprint density at radius 2 is 1.66 bits per heavy atom. The van der Waals surface area contributed by atoms with Gasteiger partial charge >= 0.3 is 0 Å². The van der Waals surface area contributed by atoms with Crippen LogP contribution >= 0.6 is 23.1 Å². The second-order valence-electron chi connectivity index (χ2n) is 6.84. The minimum Gasteiger partial charge on any atom is -0.341 e. The summed E-state index contributed by atoms with van der Waals surface area (Å²) in [5.74, 6) is 0. The number of aryl methyl sites for hydroxylation is 1. The quantitative estimate of drug-likeness (QED) is 0.333. The third-order valence-electron chi connectivity index (χ3n) is 4.94. The van der Waals surface area contributed by atoms with Crippen LogP contribution in [-0.2, 0) is 26.8 Å². The highest BCUT2D eigenvalue weighted by Gasteiger charge is 2.30. The molecule has 3 N–H and O–H groups in total. The van der Waals surface area contributed by atoms with E-state index in [1.165, 1.54) is 47.4 Å². The Kier molecular flexibility index (Phi) is 6.02. The molecule has 0 saturated heterocycles. The molecule has 0 bridgehead atoms. The summed E-state index contributed by atoms with van der Waals surface area (Å²) >= 11 is 2.65. The fourth-order valence-electron chi connectivity index (χ4n) is 3.44. The van der Waals surface area contributed by atoms with E-state index in [1.54, 1.807) is 12.1 Å². The van der Waals surface area contributed by atoms with Crippen LogP contribution < -0.4 is 15.1 Å². The molecule has 0 fully saturated rings. The van der Waals surface area contributed by atoms with E-state index in [2.05, 4.69) is 10.5 Å². The third-order valence-corrected chi connectivity index (χ3v) is 8.84. The standard InChI is InChI=1S/C18H20N4O6S4/c1-3-21-13-7-5-11(31(23,24)25)9-15(13)29-17(21)19-20-18-22(4-2)14-8-6-12(32(26,27)28)10-16(14)30-18/h5-10,17,19H,3-4H2,1-2H3,(H,23,24,25)(H,26,27,28). The van der Waals surface area contributed by atoms with Crippen LogP contribution in [-0.4, -0.2) is 42.6 Å². The van der Waals surface area contributed by atoms with E-state index in [0.29, 0.717) is 27.5 Å². The molecule has 0 spiro atoms. The first-order valence-corrected chi connectivity index (χ1v) is 14.1. The number of fused-ring (bicyclic) bond motifs is 2. The van der Waals surface area contributed by atoms with Gasteiger partial charge in [-0.1, -0.05) is 23.1 Å². The zero-order chi connectivity index (χ0) is 23.3. The summed E-state index contributed by atoms with van der Waals surface area (Å²) in [4.78, 5) is 2.98. The Bertz CT molecular complexity index is 1480. The van der Waals surface area contributed by atoms with Crippen LogP contribution in [0.2, 0.25) is 0 Å². The SMILES string of the molecule is CCN1c2ccc(S(=O)(=O)O)cc2SC1NN=c1sc2cc(S(=O)(=O)O)ccc2n1CC. The maximum Gasteiger partial charge on any atom is 0.294 e. The minimum atomic E-state index is -4.30. The average molecular weight is 517 g/mol. The van der Waals surface area contributed by atoms with Crippen LogP contribution in [0.3, 0.4) is 0 Å². The highest BCUT2D eigenvalue weighted by molar-refractivity contribution is 8.00. The van der Waals surface area contributed by atoms with Gasteiger partial charge in [0.2, 0.25) is 4.80 Å². The lowest BCUT2D eigenvalue weighted by Crippen LogP contribution is -2.39. The molecular weight excluding hydrogens is 496 g/mol. The first-order chi connectivity index (χ1) is 15.0. The summed E-state index contributed by atoms with van der Waals surface area (Å²) in [7, 11) is -8.60. The zero-order valence-electron chi connectivity index (χ0n) is 17.0. The first kappa shape index (κ1) is 23.1. The number of benzene rings is 2. The van der Waals surface area contributed by atoms with Gasteiger partial charge < -0.3 is 9.47 Å².